The first-order chi connectivity index (χ1) is 9.74. The van der Waals surface area contributed by atoms with Crippen molar-refractivity contribution >= 4 is 12.0 Å². The number of amides is 2. The monoisotopic (exact) mass is 274 g/mol. The van der Waals surface area contributed by atoms with Crippen LogP contribution >= 0.6 is 0 Å². The maximum atomic E-state index is 12.2. The summed E-state index contributed by atoms with van der Waals surface area (Å²) in [6, 6.07) is 9.66. The quantitative estimate of drug-likeness (QED) is 0.892. The summed E-state index contributed by atoms with van der Waals surface area (Å²) in [5.41, 5.74) is 0.968. The maximum Gasteiger partial charge on any atom is 0.410 e. The molecule has 0 spiro atoms. The Balaban J connectivity index is 1.60. The molecule has 0 saturated carbocycles. The topological polar surface area (TPSA) is 58.6 Å². The minimum absolute atomic E-state index is 0.0303. The van der Waals surface area contributed by atoms with Gasteiger partial charge in [0.15, 0.2) is 0 Å². The number of carbonyl (C=O) groups is 2. The molecular weight excluding hydrogens is 256 g/mol. The zero-order chi connectivity index (χ0) is 13.9. The van der Waals surface area contributed by atoms with Crippen molar-refractivity contribution in [3.8, 4) is 0 Å². The zero-order valence-electron chi connectivity index (χ0n) is 11.2. The van der Waals surface area contributed by atoms with Crippen LogP contribution in [0.2, 0.25) is 0 Å². The van der Waals surface area contributed by atoms with Crippen LogP contribution in [0.3, 0.4) is 0 Å². The van der Waals surface area contributed by atoms with Crippen LogP contribution < -0.4 is 5.32 Å². The highest BCUT2D eigenvalue weighted by molar-refractivity contribution is 5.81. The molecule has 0 bridgehead atoms. The van der Waals surface area contributed by atoms with Crippen LogP contribution in [0.5, 0.6) is 0 Å². The van der Waals surface area contributed by atoms with E-state index in [0.717, 1.165) is 18.4 Å². The van der Waals surface area contributed by atoms with Crippen molar-refractivity contribution in [1.29, 1.82) is 0 Å². The first-order valence-corrected chi connectivity index (χ1v) is 7.01. The fraction of sp³-hybridized carbons (Fsp3) is 0.467. The summed E-state index contributed by atoms with van der Waals surface area (Å²) in [4.78, 5) is 25.4. The van der Waals surface area contributed by atoms with Gasteiger partial charge in [0.25, 0.3) is 0 Å². The molecule has 2 heterocycles. The van der Waals surface area contributed by atoms with Crippen molar-refractivity contribution in [3.05, 3.63) is 35.9 Å². The lowest BCUT2D eigenvalue weighted by Crippen LogP contribution is -2.51. The van der Waals surface area contributed by atoms with Gasteiger partial charge in [-0.2, -0.15) is 0 Å². The molecular formula is C15H18N2O3. The fourth-order valence-corrected chi connectivity index (χ4v) is 2.96. The Morgan fingerprint density at radius 1 is 1.35 bits per heavy atom. The van der Waals surface area contributed by atoms with Crippen LogP contribution in [0.4, 0.5) is 4.79 Å². The van der Waals surface area contributed by atoms with E-state index in [-0.39, 0.29) is 30.7 Å². The third-order valence-electron chi connectivity index (χ3n) is 3.96. The number of ether oxygens (including phenoxy) is 1. The van der Waals surface area contributed by atoms with Gasteiger partial charge in [-0.05, 0) is 18.4 Å². The number of benzene rings is 1. The molecule has 2 saturated heterocycles. The summed E-state index contributed by atoms with van der Waals surface area (Å²) in [6.45, 7) is 0.943. The SMILES string of the molecule is O=C1CC2C(CCCN2C(=O)OCc2ccccc2)N1. The van der Waals surface area contributed by atoms with E-state index in [9.17, 15) is 9.59 Å². The first kappa shape index (κ1) is 13.0. The van der Waals surface area contributed by atoms with E-state index in [4.69, 9.17) is 4.74 Å². The highest BCUT2D eigenvalue weighted by Crippen LogP contribution is 2.25. The predicted molar refractivity (Wildman–Crippen MR) is 72.9 cm³/mol. The smallest absolute Gasteiger partial charge is 0.410 e. The number of likely N-dealkylation sites (tertiary alicyclic amines) is 1. The molecule has 1 aromatic rings. The Kier molecular flexibility index (Phi) is 3.58. The molecule has 0 radical (unpaired) electrons. The van der Waals surface area contributed by atoms with Crippen molar-refractivity contribution in [2.75, 3.05) is 6.54 Å². The number of hydrogen-bond donors (Lipinski definition) is 1. The third kappa shape index (κ3) is 2.61. The number of carbonyl (C=O) groups excluding carboxylic acids is 2. The lowest BCUT2D eigenvalue weighted by atomic mass is 9.98. The molecule has 0 aliphatic carbocycles. The fourth-order valence-electron chi connectivity index (χ4n) is 2.96. The lowest BCUT2D eigenvalue weighted by molar-refractivity contribution is -0.119. The molecule has 2 aliphatic heterocycles. The molecule has 1 N–H and O–H groups in total. The Labute approximate surface area is 117 Å². The first-order valence-electron chi connectivity index (χ1n) is 7.01. The van der Waals surface area contributed by atoms with Gasteiger partial charge in [0.1, 0.15) is 6.61 Å². The van der Waals surface area contributed by atoms with E-state index in [1.54, 1.807) is 4.90 Å². The summed E-state index contributed by atoms with van der Waals surface area (Å²) in [6.07, 6.45) is 1.92. The van der Waals surface area contributed by atoms with Crippen LogP contribution in [-0.2, 0) is 16.1 Å². The number of rotatable bonds is 2. The van der Waals surface area contributed by atoms with Gasteiger partial charge in [0, 0.05) is 19.0 Å². The van der Waals surface area contributed by atoms with E-state index in [0.29, 0.717) is 13.0 Å². The van der Waals surface area contributed by atoms with Crippen LogP contribution in [0.1, 0.15) is 24.8 Å². The molecule has 2 fully saturated rings. The summed E-state index contributed by atoms with van der Waals surface area (Å²) in [5, 5.41) is 2.93. The van der Waals surface area contributed by atoms with E-state index in [2.05, 4.69) is 5.32 Å². The summed E-state index contributed by atoms with van der Waals surface area (Å²) in [5.74, 6) is 0.0303. The third-order valence-corrected chi connectivity index (χ3v) is 3.96. The van der Waals surface area contributed by atoms with Crippen LogP contribution in [0.15, 0.2) is 30.3 Å². The van der Waals surface area contributed by atoms with Gasteiger partial charge in [0.2, 0.25) is 5.91 Å². The zero-order valence-corrected chi connectivity index (χ0v) is 11.2. The maximum absolute atomic E-state index is 12.2. The molecule has 3 rings (SSSR count). The predicted octanol–water partition coefficient (Wildman–Crippen LogP) is 1.68. The molecule has 0 aromatic heterocycles. The van der Waals surface area contributed by atoms with Gasteiger partial charge in [-0.3, -0.25) is 4.79 Å². The Hall–Kier alpha value is -2.04. The van der Waals surface area contributed by atoms with Gasteiger partial charge in [0.05, 0.1) is 6.04 Å². The Morgan fingerprint density at radius 2 is 2.15 bits per heavy atom. The molecule has 2 atom stereocenters. The van der Waals surface area contributed by atoms with Crippen LogP contribution in [-0.4, -0.2) is 35.5 Å². The molecule has 20 heavy (non-hydrogen) atoms. The van der Waals surface area contributed by atoms with Gasteiger partial charge >= 0.3 is 6.09 Å². The van der Waals surface area contributed by atoms with Crippen molar-refractivity contribution in [2.45, 2.75) is 38.0 Å². The second-order valence-electron chi connectivity index (χ2n) is 5.32. The van der Waals surface area contributed by atoms with E-state index in [1.807, 2.05) is 30.3 Å². The van der Waals surface area contributed by atoms with Crippen molar-refractivity contribution in [2.24, 2.45) is 0 Å². The minimum Gasteiger partial charge on any atom is -0.445 e. The molecule has 2 amide bonds. The Morgan fingerprint density at radius 3 is 2.95 bits per heavy atom. The second kappa shape index (κ2) is 5.53. The van der Waals surface area contributed by atoms with Gasteiger partial charge in [-0.15, -0.1) is 0 Å². The van der Waals surface area contributed by atoms with E-state index < -0.39 is 0 Å². The number of piperidine rings is 1. The van der Waals surface area contributed by atoms with Gasteiger partial charge in [-0.1, -0.05) is 30.3 Å². The number of fused-ring (bicyclic) bond motifs is 1. The van der Waals surface area contributed by atoms with Gasteiger partial charge in [-0.25, -0.2) is 4.79 Å². The Bertz CT molecular complexity index is 503. The van der Waals surface area contributed by atoms with Crippen molar-refractivity contribution in [1.82, 2.24) is 10.2 Å². The van der Waals surface area contributed by atoms with Crippen molar-refractivity contribution in [3.63, 3.8) is 0 Å². The highest BCUT2D eigenvalue weighted by atomic mass is 16.6. The molecule has 106 valence electrons. The number of hydrogen-bond acceptors (Lipinski definition) is 3. The average Bonchev–Trinajstić information content (AvgIpc) is 2.85. The van der Waals surface area contributed by atoms with E-state index >= 15 is 0 Å². The standard InChI is InChI=1S/C15H18N2O3/c18-14-9-13-12(16-14)7-4-8-17(13)15(19)20-10-11-5-2-1-3-6-11/h1-3,5-6,12-13H,4,7-10H2,(H,16,18). The molecule has 2 unspecified atom stereocenters. The molecule has 1 aromatic carbocycles. The largest absolute Gasteiger partial charge is 0.445 e. The second-order valence-corrected chi connectivity index (χ2v) is 5.32. The molecule has 2 aliphatic rings. The lowest BCUT2D eigenvalue weighted by Gasteiger charge is -2.35. The molecule has 5 nitrogen and oxygen atoms in total. The summed E-state index contributed by atoms with van der Waals surface area (Å²) >= 11 is 0. The van der Waals surface area contributed by atoms with Crippen LogP contribution in [0.25, 0.3) is 0 Å². The average molecular weight is 274 g/mol. The van der Waals surface area contributed by atoms with Gasteiger partial charge < -0.3 is 15.0 Å². The molecule has 5 heteroatoms. The van der Waals surface area contributed by atoms with Crippen molar-refractivity contribution < 1.29 is 14.3 Å². The number of nitrogens with zero attached hydrogens (tertiary/aromatic N) is 1. The summed E-state index contributed by atoms with van der Waals surface area (Å²) < 4.78 is 5.36. The normalized spacial score (nSPS) is 25.0. The number of nitrogens with one attached hydrogen (secondary N) is 1. The highest BCUT2D eigenvalue weighted by Gasteiger charge is 2.41. The summed E-state index contributed by atoms with van der Waals surface area (Å²) in [7, 11) is 0. The minimum atomic E-state index is -0.319. The van der Waals surface area contributed by atoms with Crippen LogP contribution in [0, 0.1) is 0 Å². The van der Waals surface area contributed by atoms with E-state index in [1.165, 1.54) is 0 Å².